The molecule has 1 heterocycles. The Balaban J connectivity index is 1.85. The van der Waals surface area contributed by atoms with E-state index in [1.807, 2.05) is 11.8 Å². The summed E-state index contributed by atoms with van der Waals surface area (Å²) in [5.74, 6) is 0.453. The molecule has 0 unspecified atom stereocenters. The first-order valence-electron chi connectivity index (χ1n) is 8.23. The van der Waals surface area contributed by atoms with Crippen molar-refractivity contribution in [1.29, 1.82) is 0 Å². The summed E-state index contributed by atoms with van der Waals surface area (Å²) >= 11 is 0. The molecule has 0 spiro atoms. The van der Waals surface area contributed by atoms with Gasteiger partial charge in [0.25, 0.3) is 0 Å². The number of rotatable bonds is 5. The molecule has 2 N–H and O–H groups in total. The second-order valence-electron chi connectivity index (χ2n) is 5.62. The summed E-state index contributed by atoms with van der Waals surface area (Å²) in [5, 5.41) is 6.19. The lowest BCUT2D eigenvalue weighted by Crippen LogP contribution is -2.46. The van der Waals surface area contributed by atoms with Crippen molar-refractivity contribution in [3.05, 3.63) is 35.6 Å². The van der Waals surface area contributed by atoms with Crippen LogP contribution in [0.3, 0.4) is 0 Å². The quantitative estimate of drug-likeness (QED) is 0.643. The molecule has 1 aromatic rings. The normalized spacial score (nSPS) is 15.4. The van der Waals surface area contributed by atoms with Gasteiger partial charge >= 0.3 is 0 Å². The molecule has 1 aliphatic rings. The maximum atomic E-state index is 12.9. The summed E-state index contributed by atoms with van der Waals surface area (Å²) < 4.78 is 12.9. The molecule has 5 nitrogen and oxygen atoms in total. The van der Waals surface area contributed by atoms with Gasteiger partial charge in [-0.2, -0.15) is 0 Å². The molecule has 0 radical (unpaired) electrons. The van der Waals surface area contributed by atoms with Gasteiger partial charge in [-0.15, -0.1) is 0 Å². The second kappa shape index (κ2) is 9.12. The number of guanidine groups is 1. The molecule has 0 aromatic heterocycles. The third kappa shape index (κ3) is 5.88. The van der Waals surface area contributed by atoms with E-state index < -0.39 is 0 Å². The summed E-state index contributed by atoms with van der Waals surface area (Å²) in [5.41, 5.74) is 0.922. The Morgan fingerprint density at radius 2 is 1.87 bits per heavy atom. The monoisotopic (exact) mass is 320 g/mol. The number of nitrogens with zero attached hydrogens (tertiary/aromatic N) is 2. The highest BCUT2D eigenvalue weighted by molar-refractivity contribution is 5.86. The van der Waals surface area contributed by atoms with Crippen LogP contribution in [0.1, 0.15) is 31.7 Å². The Hall–Kier alpha value is -2.11. The maximum absolute atomic E-state index is 12.9. The maximum Gasteiger partial charge on any atom is 0.241 e. The van der Waals surface area contributed by atoms with Crippen LogP contribution < -0.4 is 10.6 Å². The first-order valence-corrected chi connectivity index (χ1v) is 8.23. The molecule has 0 bridgehead atoms. The first-order chi connectivity index (χ1) is 11.2. The van der Waals surface area contributed by atoms with Crippen LogP contribution in [0.15, 0.2) is 29.3 Å². The highest BCUT2D eigenvalue weighted by atomic mass is 19.1. The molecular formula is C17H25FN4O. The first kappa shape index (κ1) is 17.2. The van der Waals surface area contributed by atoms with Gasteiger partial charge in [0.05, 0.1) is 13.1 Å². The van der Waals surface area contributed by atoms with Gasteiger partial charge < -0.3 is 15.5 Å². The van der Waals surface area contributed by atoms with Gasteiger partial charge in [-0.3, -0.25) is 4.79 Å². The average molecular weight is 320 g/mol. The molecule has 0 aliphatic carbocycles. The third-order valence-electron chi connectivity index (χ3n) is 3.79. The smallest absolute Gasteiger partial charge is 0.241 e. The number of likely N-dealkylation sites (tertiary alicyclic amines) is 1. The van der Waals surface area contributed by atoms with Crippen molar-refractivity contribution in [3.63, 3.8) is 0 Å². The van der Waals surface area contributed by atoms with Crippen molar-refractivity contribution in [2.45, 2.75) is 32.7 Å². The van der Waals surface area contributed by atoms with E-state index in [-0.39, 0.29) is 18.3 Å². The Bertz CT molecular complexity index is 524. The van der Waals surface area contributed by atoms with Crippen LogP contribution in [0.4, 0.5) is 4.39 Å². The van der Waals surface area contributed by atoms with Gasteiger partial charge in [0.1, 0.15) is 5.82 Å². The predicted octanol–water partition coefficient (Wildman–Crippen LogP) is 1.89. The fourth-order valence-corrected chi connectivity index (χ4v) is 2.52. The van der Waals surface area contributed by atoms with Crippen LogP contribution in [0.2, 0.25) is 0 Å². The van der Waals surface area contributed by atoms with Gasteiger partial charge in [0.15, 0.2) is 5.96 Å². The van der Waals surface area contributed by atoms with Gasteiger partial charge in [-0.05, 0) is 43.9 Å². The molecule has 23 heavy (non-hydrogen) atoms. The fraction of sp³-hybridized carbons (Fsp3) is 0.529. The van der Waals surface area contributed by atoms with Crippen molar-refractivity contribution in [2.75, 3.05) is 26.2 Å². The summed E-state index contributed by atoms with van der Waals surface area (Å²) in [6.45, 7) is 5.07. The lowest BCUT2D eigenvalue weighted by molar-refractivity contribution is -0.130. The number of carbonyl (C=O) groups excluding carboxylic acids is 1. The van der Waals surface area contributed by atoms with E-state index in [1.54, 1.807) is 12.1 Å². The number of amides is 1. The van der Waals surface area contributed by atoms with Crippen LogP contribution in [0.5, 0.6) is 0 Å². The minimum Gasteiger partial charge on any atom is -0.357 e. The minimum absolute atomic E-state index is 0.108. The second-order valence-corrected chi connectivity index (χ2v) is 5.62. The summed E-state index contributed by atoms with van der Waals surface area (Å²) in [6, 6.07) is 6.26. The lowest BCUT2D eigenvalue weighted by Gasteiger charge is -2.27. The van der Waals surface area contributed by atoms with Crippen LogP contribution in [0, 0.1) is 5.82 Å². The molecule has 0 saturated carbocycles. The topological polar surface area (TPSA) is 56.7 Å². The van der Waals surface area contributed by atoms with Crippen molar-refractivity contribution in [2.24, 2.45) is 4.99 Å². The minimum atomic E-state index is -0.255. The Morgan fingerprint density at radius 1 is 1.17 bits per heavy atom. The highest BCUT2D eigenvalue weighted by Crippen LogP contribution is 2.08. The van der Waals surface area contributed by atoms with Crippen LogP contribution in [-0.2, 0) is 11.3 Å². The molecule has 0 atom stereocenters. The molecule has 1 saturated heterocycles. The van der Waals surface area contributed by atoms with E-state index in [9.17, 15) is 9.18 Å². The third-order valence-corrected chi connectivity index (χ3v) is 3.79. The van der Waals surface area contributed by atoms with E-state index in [2.05, 4.69) is 15.6 Å². The zero-order valence-electron chi connectivity index (χ0n) is 13.6. The number of aliphatic imine (C=N–C) groups is 1. The molecule has 1 aromatic carbocycles. The Kier molecular flexibility index (Phi) is 6.84. The van der Waals surface area contributed by atoms with E-state index >= 15 is 0 Å². The van der Waals surface area contributed by atoms with Crippen molar-refractivity contribution in [3.8, 4) is 0 Å². The molecule has 6 heteroatoms. The number of nitrogens with one attached hydrogen (secondary N) is 2. The lowest BCUT2D eigenvalue weighted by atomic mass is 10.1. The summed E-state index contributed by atoms with van der Waals surface area (Å²) in [7, 11) is 0. The number of piperidine rings is 1. The van der Waals surface area contributed by atoms with Crippen LogP contribution in [-0.4, -0.2) is 42.9 Å². The van der Waals surface area contributed by atoms with Gasteiger partial charge in [0, 0.05) is 19.6 Å². The Labute approximate surface area is 137 Å². The summed E-state index contributed by atoms with van der Waals surface area (Å²) in [6.07, 6.45) is 3.38. The van der Waals surface area contributed by atoms with E-state index in [0.717, 1.165) is 31.5 Å². The molecule has 1 fully saturated rings. The molecule has 126 valence electrons. The average Bonchev–Trinajstić information content (AvgIpc) is 2.59. The number of hydrogen-bond acceptors (Lipinski definition) is 2. The van der Waals surface area contributed by atoms with Gasteiger partial charge in [0.2, 0.25) is 5.91 Å². The number of benzene rings is 1. The Morgan fingerprint density at radius 3 is 2.52 bits per heavy atom. The van der Waals surface area contributed by atoms with E-state index in [0.29, 0.717) is 19.0 Å². The highest BCUT2D eigenvalue weighted by Gasteiger charge is 2.16. The molecule has 2 rings (SSSR count). The predicted molar refractivity (Wildman–Crippen MR) is 89.6 cm³/mol. The molecular weight excluding hydrogens is 295 g/mol. The van der Waals surface area contributed by atoms with Crippen LogP contribution in [0.25, 0.3) is 0 Å². The van der Waals surface area contributed by atoms with Gasteiger partial charge in [-0.1, -0.05) is 12.1 Å². The van der Waals surface area contributed by atoms with E-state index in [1.165, 1.54) is 18.6 Å². The van der Waals surface area contributed by atoms with Crippen LogP contribution >= 0.6 is 0 Å². The SMILES string of the molecule is CCNC(=NCc1ccc(F)cc1)NCC(=O)N1CCCCC1. The van der Waals surface area contributed by atoms with Gasteiger partial charge in [-0.25, -0.2) is 9.38 Å². The van der Waals surface area contributed by atoms with Crippen molar-refractivity contribution in [1.82, 2.24) is 15.5 Å². The fourth-order valence-electron chi connectivity index (χ4n) is 2.52. The number of halogens is 1. The zero-order valence-corrected chi connectivity index (χ0v) is 13.6. The standard InChI is InChI=1S/C17H25FN4O/c1-2-19-17(20-12-14-6-8-15(18)9-7-14)21-13-16(23)22-10-4-3-5-11-22/h6-9H,2-5,10-13H2,1H3,(H2,19,20,21). The largest absolute Gasteiger partial charge is 0.357 e. The molecule has 1 aliphatic heterocycles. The number of hydrogen-bond donors (Lipinski definition) is 2. The number of carbonyl (C=O) groups is 1. The summed E-state index contributed by atoms with van der Waals surface area (Å²) in [4.78, 5) is 18.5. The molecule has 1 amide bonds. The van der Waals surface area contributed by atoms with Crippen molar-refractivity contribution < 1.29 is 9.18 Å². The zero-order chi connectivity index (χ0) is 16.5. The van der Waals surface area contributed by atoms with E-state index in [4.69, 9.17) is 0 Å². The van der Waals surface area contributed by atoms with Crippen molar-refractivity contribution >= 4 is 11.9 Å².